The summed E-state index contributed by atoms with van der Waals surface area (Å²) in [5.41, 5.74) is -0.107. The maximum Gasteiger partial charge on any atom is 0.0591 e. The van der Waals surface area contributed by atoms with Crippen LogP contribution in [-0.4, -0.2) is 10.7 Å². The van der Waals surface area contributed by atoms with E-state index in [-0.39, 0.29) is 0 Å². The average molecular weight is 252 g/mol. The van der Waals surface area contributed by atoms with Crippen molar-refractivity contribution in [2.75, 3.05) is 0 Å². The van der Waals surface area contributed by atoms with Gasteiger partial charge in [-0.3, -0.25) is 0 Å². The van der Waals surface area contributed by atoms with Gasteiger partial charge in [-0.1, -0.05) is 45.8 Å². The van der Waals surface area contributed by atoms with Crippen molar-refractivity contribution in [3.63, 3.8) is 0 Å². The van der Waals surface area contributed by atoms with Crippen molar-refractivity contribution >= 4 is 0 Å². The zero-order valence-electron chi connectivity index (χ0n) is 13.0. The molecule has 0 fully saturated rings. The van der Waals surface area contributed by atoms with Crippen LogP contribution in [0.5, 0.6) is 0 Å². The summed E-state index contributed by atoms with van der Waals surface area (Å²) in [5, 5.41) is 9.76. The lowest BCUT2D eigenvalue weighted by atomic mass is 9.66. The Hall–Kier alpha value is -0.300. The molecule has 18 heavy (non-hydrogen) atoms. The summed E-state index contributed by atoms with van der Waals surface area (Å²) in [5.74, 6) is 1.47. The van der Waals surface area contributed by atoms with Gasteiger partial charge in [-0.25, -0.2) is 0 Å². The molecule has 1 aliphatic rings. The van der Waals surface area contributed by atoms with E-state index in [1.54, 1.807) is 0 Å². The van der Waals surface area contributed by atoms with Gasteiger partial charge in [0.15, 0.2) is 0 Å². The molecule has 0 radical (unpaired) electrons. The molecule has 0 spiro atoms. The number of allylic oxidation sites excluding steroid dienone is 2. The molecule has 1 aliphatic carbocycles. The van der Waals surface area contributed by atoms with Gasteiger partial charge in [0.05, 0.1) is 5.60 Å². The monoisotopic (exact) mass is 252 g/mol. The van der Waals surface area contributed by atoms with Gasteiger partial charge >= 0.3 is 0 Å². The van der Waals surface area contributed by atoms with Crippen molar-refractivity contribution in [3.8, 4) is 0 Å². The standard InChI is InChI=1S/C17H32O/c1-14(10-9-11-16(3,4)18)15(2)17(5)12-7-6-8-13-17/h7,12,14-15,18H,6,8-11,13H2,1-5H3/t14-,15-,17-/m1/s1. The molecule has 1 rings (SSSR count). The Balaban J connectivity index is 2.43. The van der Waals surface area contributed by atoms with Crippen LogP contribution in [0.2, 0.25) is 0 Å². The van der Waals surface area contributed by atoms with Gasteiger partial charge in [0.25, 0.3) is 0 Å². The van der Waals surface area contributed by atoms with E-state index in [0.29, 0.717) is 5.41 Å². The first-order valence-corrected chi connectivity index (χ1v) is 7.65. The molecular formula is C17H32O. The summed E-state index contributed by atoms with van der Waals surface area (Å²) in [6.45, 7) is 11.0. The number of hydrogen-bond acceptors (Lipinski definition) is 1. The van der Waals surface area contributed by atoms with Gasteiger partial charge in [-0.15, -0.1) is 0 Å². The molecule has 0 amide bonds. The first kappa shape index (κ1) is 15.8. The van der Waals surface area contributed by atoms with Crippen molar-refractivity contribution in [1.29, 1.82) is 0 Å². The van der Waals surface area contributed by atoms with Gasteiger partial charge < -0.3 is 5.11 Å². The van der Waals surface area contributed by atoms with Crippen molar-refractivity contribution in [2.45, 2.75) is 78.7 Å². The Kier molecular flexibility index (Phi) is 5.46. The van der Waals surface area contributed by atoms with E-state index in [1.807, 2.05) is 13.8 Å². The largest absolute Gasteiger partial charge is 0.390 e. The Morgan fingerprint density at radius 1 is 1.33 bits per heavy atom. The molecule has 0 heterocycles. The zero-order valence-corrected chi connectivity index (χ0v) is 13.0. The van der Waals surface area contributed by atoms with Crippen LogP contribution >= 0.6 is 0 Å². The maximum absolute atomic E-state index is 9.76. The topological polar surface area (TPSA) is 20.2 Å². The molecule has 3 atom stereocenters. The molecule has 1 nitrogen and oxygen atoms in total. The Bertz CT molecular complexity index is 274. The maximum atomic E-state index is 9.76. The molecule has 106 valence electrons. The highest BCUT2D eigenvalue weighted by Crippen LogP contribution is 2.42. The highest BCUT2D eigenvalue weighted by atomic mass is 16.3. The SMILES string of the molecule is C[C@H](CCCC(C)(C)O)[C@@H](C)[C@]1(C)C=CCCC1. The fourth-order valence-corrected chi connectivity index (χ4v) is 3.17. The van der Waals surface area contributed by atoms with E-state index in [4.69, 9.17) is 0 Å². The smallest absolute Gasteiger partial charge is 0.0591 e. The van der Waals surface area contributed by atoms with Crippen LogP contribution in [0, 0.1) is 17.3 Å². The molecule has 1 heteroatoms. The van der Waals surface area contributed by atoms with E-state index < -0.39 is 5.60 Å². The van der Waals surface area contributed by atoms with E-state index in [0.717, 1.165) is 24.7 Å². The normalized spacial score (nSPS) is 28.1. The first-order valence-electron chi connectivity index (χ1n) is 7.65. The zero-order chi connectivity index (χ0) is 13.8. The van der Waals surface area contributed by atoms with Gasteiger partial charge in [0.1, 0.15) is 0 Å². The minimum absolute atomic E-state index is 0.395. The lowest BCUT2D eigenvalue weighted by Gasteiger charge is -2.39. The highest BCUT2D eigenvalue weighted by Gasteiger charge is 2.32. The number of rotatable bonds is 6. The van der Waals surface area contributed by atoms with Crippen LogP contribution in [0.15, 0.2) is 12.2 Å². The second kappa shape index (κ2) is 6.23. The summed E-state index contributed by atoms with van der Waals surface area (Å²) in [7, 11) is 0. The Labute approximate surface area is 114 Å². The van der Waals surface area contributed by atoms with Gasteiger partial charge in [0, 0.05) is 0 Å². The third-order valence-electron chi connectivity index (χ3n) is 4.93. The quantitative estimate of drug-likeness (QED) is 0.663. The first-order chi connectivity index (χ1) is 8.25. The molecule has 1 N–H and O–H groups in total. The predicted octanol–water partition coefficient (Wildman–Crippen LogP) is 4.95. The van der Waals surface area contributed by atoms with Crippen LogP contribution in [0.4, 0.5) is 0 Å². The molecule has 0 aliphatic heterocycles. The summed E-state index contributed by atoms with van der Waals surface area (Å²) >= 11 is 0. The van der Waals surface area contributed by atoms with Crippen LogP contribution in [0.1, 0.15) is 73.1 Å². The fourth-order valence-electron chi connectivity index (χ4n) is 3.17. The average Bonchev–Trinajstić information content (AvgIpc) is 2.27. The molecule has 0 saturated carbocycles. The van der Waals surface area contributed by atoms with Gasteiger partial charge in [0.2, 0.25) is 0 Å². The molecular weight excluding hydrogens is 220 g/mol. The number of hydrogen-bond donors (Lipinski definition) is 1. The van der Waals surface area contributed by atoms with Crippen molar-refractivity contribution in [1.82, 2.24) is 0 Å². The molecule has 0 aromatic carbocycles. The molecule has 0 aromatic rings. The summed E-state index contributed by atoms with van der Waals surface area (Å²) < 4.78 is 0. The molecule has 0 bridgehead atoms. The molecule has 0 unspecified atom stereocenters. The van der Waals surface area contributed by atoms with Crippen molar-refractivity contribution in [3.05, 3.63) is 12.2 Å². The van der Waals surface area contributed by atoms with Crippen molar-refractivity contribution in [2.24, 2.45) is 17.3 Å². The number of aliphatic hydroxyl groups is 1. The fraction of sp³-hybridized carbons (Fsp3) is 0.882. The minimum Gasteiger partial charge on any atom is -0.390 e. The minimum atomic E-state index is -0.502. The predicted molar refractivity (Wildman–Crippen MR) is 79.6 cm³/mol. The summed E-state index contributed by atoms with van der Waals surface area (Å²) in [4.78, 5) is 0. The van der Waals surface area contributed by atoms with Crippen LogP contribution in [-0.2, 0) is 0 Å². The van der Waals surface area contributed by atoms with E-state index in [1.165, 1.54) is 25.7 Å². The van der Waals surface area contributed by atoms with Crippen LogP contribution in [0.3, 0.4) is 0 Å². The second-order valence-electron chi connectivity index (χ2n) is 7.27. The Morgan fingerprint density at radius 2 is 2.00 bits per heavy atom. The summed E-state index contributed by atoms with van der Waals surface area (Å²) in [6, 6.07) is 0. The van der Waals surface area contributed by atoms with Crippen LogP contribution < -0.4 is 0 Å². The molecule has 0 saturated heterocycles. The highest BCUT2D eigenvalue weighted by molar-refractivity contribution is 5.04. The van der Waals surface area contributed by atoms with Gasteiger partial charge in [-0.2, -0.15) is 0 Å². The lowest BCUT2D eigenvalue weighted by Crippen LogP contribution is -2.30. The third kappa shape index (κ3) is 4.76. The third-order valence-corrected chi connectivity index (χ3v) is 4.93. The Morgan fingerprint density at radius 3 is 2.50 bits per heavy atom. The molecule has 0 aromatic heterocycles. The van der Waals surface area contributed by atoms with E-state index in [2.05, 4.69) is 32.9 Å². The van der Waals surface area contributed by atoms with E-state index in [9.17, 15) is 5.11 Å². The van der Waals surface area contributed by atoms with Gasteiger partial charge in [-0.05, 0) is 56.8 Å². The lowest BCUT2D eigenvalue weighted by molar-refractivity contribution is 0.0642. The summed E-state index contributed by atoms with van der Waals surface area (Å²) in [6.07, 6.45) is 12.0. The van der Waals surface area contributed by atoms with Crippen LogP contribution in [0.25, 0.3) is 0 Å². The van der Waals surface area contributed by atoms with E-state index >= 15 is 0 Å². The second-order valence-corrected chi connectivity index (χ2v) is 7.27. The van der Waals surface area contributed by atoms with Crippen molar-refractivity contribution < 1.29 is 5.11 Å².